The van der Waals surface area contributed by atoms with Crippen molar-refractivity contribution < 1.29 is 27.9 Å². The zero-order valence-corrected chi connectivity index (χ0v) is 11.6. The van der Waals surface area contributed by atoms with E-state index in [-0.39, 0.29) is 0 Å². The minimum absolute atomic E-state index is 0.593. The average molecular weight is 304 g/mol. The van der Waals surface area contributed by atoms with Crippen LogP contribution in [0, 0.1) is 22.9 Å². The quantitative estimate of drug-likeness (QED) is 0.751. The van der Waals surface area contributed by atoms with Crippen LogP contribution < -0.4 is 10.6 Å². The summed E-state index contributed by atoms with van der Waals surface area (Å²) >= 11 is 0. The molecular weight excluding hydrogens is 289 g/mol. The molecule has 1 aromatic carbocycles. The van der Waals surface area contributed by atoms with Gasteiger partial charge < -0.3 is 15.7 Å². The van der Waals surface area contributed by atoms with Crippen LogP contribution in [0.1, 0.15) is 20.8 Å². The van der Waals surface area contributed by atoms with E-state index < -0.39 is 46.6 Å². The Hall–Kier alpha value is -2.25. The van der Waals surface area contributed by atoms with Crippen molar-refractivity contribution in [1.82, 2.24) is 5.32 Å². The molecule has 0 saturated carbocycles. The molecular formula is C13H15F3N2O3. The van der Waals surface area contributed by atoms with Crippen molar-refractivity contribution in [3.05, 3.63) is 29.6 Å². The number of aliphatic carboxylic acids is 1. The molecule has 3 N–H and O–H groups in total. The Bertz CT molecular complexity index is 571. The van der Waals surface area contributed by atoms with Gasteiger partial charge >= 0.3 is 12.0 Å². The summed E-state index contributed by atoms with van der Waals surface area (Å²) < 4.78 is 39.1. The highest BCUT2D eigenvalue weighted by molar-refractivity contribution is 5.92. The molecule has 116 valence electrons. The third kappa shape index (κ3) is 4.11. The highest BCUT2D eigenvalue weighted by Gasteiger charge is 2.32. The Morgan fingerprint density at radius 2 is 1.71 bits per heavy atom. The van der Waals surface area contributed by atoms with Crippen LogP contribution in [0.2, 0.25) is 0 Å². The van der Waals surface area contributed by atoms with E-state index in [2.05, 4.69) is 5.32 Å². The van der Waals surface area contributed by atoms with Gasteiger partial charge in [-0.2, -0.15) is 0 Å². The van der Waals surface area contributed by atoms with Gasteiger partial charge in [0.25, 0.3) is 0 Å². The molecule has 0 fully saturated rings. The fraction of sp³-hybridized carbons (Fsp3) is 0.385. The van der Waals surface area contributed by atoms with E-state index in [9.17, 15) is 22.8 Å². The molecule has 21 heavy (non-hydrogen) atoms. The number of carbonyl (C=O) groups is 2. The van der Waals surface area contributed by atoms with Gasteiger partial charge in [-0.3, -0.25) is 0 Å². The van der Waals surface area contributed by atoms with E-state index in [1.165, 1.54) is 0 Å². The van der Waals surface area contributed by atoms with E-state index in [4.69, 9.17) is 5.11 Å². The zero-order valence-electron chi connectivity index (χ0n) is 11.6. The minimum atomic E-state index is -1.72. The second-order valence-electron chi connectivity index (χ2n) is 5.46. The van der Waals surface area contributed by atoms with Gasteiger partial charge in [-0.15, -0.1) is 0 Å². The van der Waals surface area contributed by atoms with Crippen LogP contribution in [0.15, 0.2) is 12.1 Å². The van der Waals surface area contributed by atoms with Crippen molar-refractivity contribution in [2.24, 2.45) is 5.41 Å². The van der Waals surface area contributed by atoms with Crippen molar-refractivity contribution in [3.63, 3.8) is 0 Å². The number of benzene rings is 1. The average Bonchev–Trinajstić information content (AvgIpc) is 2.35. The first kappa shape index (κ1) is 16.8. The van der Waals surface area contributed by atoms with Gasteiger partial charge in [-0.1, -0.05) is 20.8 Å². The van der Waals surface area contributed by atoms with E-state index >= 15 is 0 Å². The number of carboxylic acids is 1. The maximum absolute atomic E-state index is 13.4. The van der Waals surface area contributed by atoms with Crippen LogP contribution in [0.5, 0.6) is 0 Å². The molecule has 0 spiro atoms. The van der Waals surface area contributed by atoms with Gasteiger partial charge in [0.05, 0.1) is 5.69 Å². The summed E-state index contributed by atoms with van der Waals surface area (Å²) in [5, 5.41) is 13.1. The van der Waals surface area contributed by atoms with E-state index in [1.807, 2.05) is 5.32 Å². The summed E-state index contributed by atoms with van der Waals surface area (Å²) in [6, 6.07) is -0.805. The van der Waals surface area contributed by atoms with Crippen molar-refractivity contribution in [1.29, 1.82) is 0 Å². The fourth-order valence-corrected chi connectivity index (χ4v) is 1.56. The third-order valence-corrected chi connectivity index (χ3v) is 2.67. The molecule has 0 aliphatic heterocycles. The first-order chi connectivity index (χ1) is 9.54. The molecule has 0 radical (unpaired) electrons. The van der Waals surface area contributed by atoms with E-state index in [1.54, 1.807) is 20.8 Å². The highest BCUT2D eigenvalue weighted by Crippen LogP contribution is 2.21. The van der Waals surface area contributed by atoms with Crippen molar-refractivity contribution in [2.75, 3.05) is 5.32 Å². The Balaban J connectivity index is 2.87. The largest absolute Gasteiger partial charge is 0.480 e. The lowest BCUT2D eigenvalue weighted by atomic mass is 9.87. The predicted octanol–water partition coefficient (Wildman–Crippen LogP) is 2.72. The van der Waals surface area contributed by atoms with Crippen LogP contribution in [0.4, 0.5) is 23.7 Å². The van der Waals surface area contributed by atoms with Gasteiger partial charge in [0.2, 0.25) is 0 Å². The number of rotatable bonds is 3. The van der Waals surface area contributed by atoms with E-state index in [0.29, 0.717) is 6.07 Å². The molecule has 1 rings (SSSR count). The molecule has 8 heteroatoms. The summed E-state index contributed by atoms with van der Waals surface area (Å²) in [5.74, 6) is -5.95. The molecule has 1 atom stereocenters. The number of carbonyl (C=O) groups excluding carboxylic acids is 1. The molecule has 0 aliphatic carbocycles. The third-order valence-electron chi connectivity index (χ3n) is 2.67. The van der Waals surface area contributed by atoms with Crippen LogP contribution in [-0.2, 0) is 4.79 Å². The molecule has 0 bridgehead atoms. The van der Waals surface area contributed by atoms with E-state index in [0.717, 1.165) is 6.07 Å². The molecule has 0 aromatic heterocycles. The first-order valence-corrected chi connectivity index (χ1v) is 5.98. The molecule has 1 unspecified atom stereocenters. The van der Waals surface area contributed by atoms with Crippen LogP contribution in [0.25, 0.3) is 0 Å². The Kier molecular flexibility index (Phi) is 4.82. The fourth-order valence-electron chi connectivity index (χ4n) is 1.56. The number of hydrogen-bond acceptors (Lipinski definition) is 2. The molecule has 5 nitrogen and oxygen atoms in total. The van der Waals surface area contributed by atoms with Crippen molar-refractivity contribution >= 4 is 17.7 Å². The number of nitrogens with one attached hydrogen (secondary N) is 2. The molecule has 0 aliphatic rings. The second-order valence-corrected chi connectivity index (χ2v) is 5.46. The lowest BCUT2D eigenvalue weighted by Gasteiger charge is -2.27. The zero-order chi connectivity index (χ0) is 16.4. The maximum atomic E-state index is 13.4. The topological polar surface area (TPSA) is 78.4 Å². The number of amides is 2. The molecule has 1 aromatic rings. The molecule has 0 saturated heterocycles. The lowest BCUT2D eigenvalue weighted by Crippen LogP contribution is -2.50. The first-order valence-electron chi connectivity index (χ1n) is 5.98. The lowest BCUT2D eigenvalue weighted by molar-refractivity contribution is -0.141. The maximum Gasteiger partial charge on any atom is 0.326 e. The number of urea groups is 1. The van der Waals surface area contributed by atoms with Gasteiger partial charge in [-0.05, 0) is 17.5 Å². The summed E-state index contributed by atoms with van der Waals surface area (Å²) in [6.45, 7) is 4.76. The predicted molar refractivity (Wildman–Crippen MR) is 69.3 cm³/mol. The molecule has 0 heterocycles. The van der Waals surface area contributed by atoms with Gasteiger partial charge in [0, 0.05) is 0 Å². The van der Waals surface area contributed by atoms with Crippen molar-refractivity contribution in [3.8, 4) is 0 Å². The Morgan fingerprint density at radius 1 is 1.14 bits per heavy atom. The minimum Gasteiger partial charge on any atom is -0.480 e. The van der Waals surface area contributed by atoms with Crippen LogP contribution in [0.3, 0.4) is 0 Å². The summed E-state index contributed by atoms with van der Waals surface area (Å²) in [4.78, 5) is 22.7. The van der Waals surface area contributed by atoms with Gasteiger partial charge in [0.1, 0.15) is 6.04 Å². The number of carboxylic acid groups (broad SMARTS) is 1. The number of anilines is 1. The summed E-state index contributed by atoms with van der Waals surface area (Å²) in [5.41, 5.74) is -1.39. The smallest absolute Gasteiger partial charge is 0.326 e. The van der Waals surface area contributed by atoms with Crippen molar-refractivity contribution in [2.45, 2.75) is 26.8 Å². The summed E-state index contributed by atoms with van der Waals surface area (Å²) in [6.07, 6.45) is 0. The normalized spacial score (nSPS) is 12.7. The van der Waals surface area contributed by atoms with Crippen LogP contribution >= 0.6 is 0 Å². The standard InChI is InChI=1S/C13H15F3N2O3/c1-13(2,3)10(11(19)20)18-12(21)17-7-5-4-6(14)8(15)9(7)16/h4-5,10H,1-3H3,(H,19,20)(H2,17,18,21). The Morgan fingerprint density at radius 3 is 2.19 bits per heavy atom. The van der Waals surface area contributed by atoms with Gasteiger partial charge in [0.15, 0.2) is 17.5 Å². The van der Waals surface area contributed by atoms with Gasteiger partial charge in [-0.25, -0.2) is 22.8 Å². The second kappa shape index (κ2) is 6.02. The SMILES string of the molecule is CC(C)(C)C(NC(=O)Nc1ccc(F)c(F)c1F)C(=O)O. The Labute approximate surface area is 119 Å². The highest BCUT2D eigenvalue weighted by atomic mass is 19.2. The molecule has 2 amide bonds. The monoisotopic (exact) mass is 304 g/mol. The number of halogens is 3. The van der Waals surface area contributed by atoms with Crippen LogP contribution in [-0.4, -0.2) is 23.1 Å². The number of hydrogen-bond donors (Lipinski definition) is 3. The summed E-state index contributed by atoms with van der Waals surface area (Å²) in [7, 11) is 0.